The van der Waals surface area contributed by atoms with Crippen LogP contribution in [0.2, 0.25) is 0 Å². The predicted molar refractivity (Wildman–Crippen MR) is 80.8 cm³/mol. The van der Waals surface area contributed by atoms with E-state index < -0.39 is 0 Å². The molecule has 0 aliphatic carbocycles. The van der Waals surface area contributed by atoms with Crippen molar-refractivity contribution in [1.82, 2.24) is 14.0 Å². The molecule has 0 aliphatic rings. The summed E-state index contributed by atoms with van der Waals surface area (Å²) in [6, 6.07) is 8.43. The first-order chi connectivity index (χ1) is 10.7. The maximum Gasteiger partial charge on any atom is 0.338 e. The van der Waals surface area contributed by atoms with Gasteiger partial charge in [0.2, 0.25) is 5.56 Å². The molecule has 0 aromatic carbocycles. The van der Waals surface area contributed by atoms with Crippen molar-refractivity contribution in [2.45, 2.75) is 13.0 Å². The number of fused-ring (bicyclic) bond motifs is 1. The van der Waals surface area contributed by atoms with Crippen molar-refractivity contribution in [3.05, 3.63) is 71.2 Å². The number of hydrogen-bond donors (Lipinski definition) is 0. The second kappa shape index (κ2) is 6.26. The minimum absolute atomic E-state index is 0.0555. The van der Waals surface area contributed by atoms with Crippen LogP contribution in [-0.2, 0) is 11.3 Å². The van der Waals surface area contributed by atoms with Crippen LogP contribution < -0.4 is 5.56 Å². The smallest absolute Gasteiger partial charge is 0.338 e. The monoisotopic (exact) mass is 297 g/mol. The number of carbonyl (C=O) groups is 1. The van der Waals surface area contributed by atoms with Crippen LogP contribution in [0.3, 0.4) is 0 Å². The van der Waals surface area contributed by atoms with E-state index in [1.54, 1.807) is 53.8 Å². The molecular formula is C16H15N3O3. The molecular weight excluding hydrogens is 282 g/mol. The van der Waals surface area contributed by atoms with E-state index >= 15 is 0 Å². The number of pyridine rings is 2. The lowest BCUT2D eigenvalue weighted by atomic mass is 10.2. The van der Waals surface area contributed by atoms with Crippen LogP contribution >= 0.6 is 0 Å². The summed E-state index contributed by atoms with van der Waals surface area (Å²) >= 11 is 0. The van der Waals surface area contributed by atoms with E-state index in [4.69, 9.17) is 4.74 Å². The van der Waals surface area contributed by atoms with Gasteiger partial charge < -0.3 is 13.7 Å². The Kier molecular flexibility index (Phi) is 4.00. The maximum atomic E-state index is 12.0. The van der Waals surface area contributed by atoms with Crippen molar-refractivity contribution < 1.29 is 9.53 Å². The average Bonchev–Trinajstić information content (AvgIpc) is 3.00. The molecule has 112 valence electrons. The second-order valence-corrected chi connectivity index (χ2v) is 4.86. The number of nitrogens with zero attached hydrogens (tertiary/aromatic N) is 3. The number of ether oxygens (including phenoxy) is 1. The maximum absolute atomic E-state index is 12.0. The Morgan fingerprint density at radius 1 is 1.23 bits per heavy atom. The molecule has 3 rings (SSSR count). The largest absolute Gasteiger partial charge is 0.462 e. The van der Waals surface area contributed by atoms with Gasteiger partial charge in [0, 0.05) is 25.0 Å². The number of aryl methyl sites for hydroxylation is 1. The van der Waals surface area contributed by atoms with Gasteiger partial charge in [-0.25, -0.2) is 9.78 Å². The van der Waals surface area contributed by atoms with Gasteiger partial charge in [0.25, 0.3) is 0 Å². The summed E-state index contributed by atoms with van der Waals surface area (Å²) in [5.41, 5.74) is 1.27. The van der Waals surface area contributed by atoms with Crippen LogP contribution in [0.1, 0.15) is 16.8 Å². The Balaban J connectivity index is 1.54. The van der Waals surface area contributed by atoms with E-state index in [0.29, 0.717) is 18.5 Å². The number of esters is 1. The lowest BCUT2D eigenvalue weighted by molar-refractivity contribution is 0.0495. The van der Waals surface area contributed by atoms with Gasteiger partial charge >= 0.3 is 5.97 Å². The van der Waals surface area contributed by atoms with Gasteiger partial charge in [-0.3, -0.25) is 4.79 Å². The molecule has 0 saturated carbocycles. The average molecular weight is 297 g/mol. The third kappa shape index (κ3) is 3.06. The van der Waals surface area contributed by atoms with Crippen molar-refractivity contribution in [3.63, 3.8) is 0 Å². The zero-order valence-electron chi connectivity index (χ0n) is 11.9. The summed E-state index contributed by atoms with van der Waals surface area (Å²) in [6.45, 7) is 0.791. The van der Waals surface area contributed by atoms with Gasteiger partial charge in [0.15, 0.2) is 0 Å². The van der Waals surface area contributed by atoms with Crippen molar-refractivity contribution in [1.29, 1.82) is 0 Å². The molecule has 6 heteroatoms. The number of aromatic nitrogens is 3. The molecule has 0 atom stereocenters. The first-order valence-corrected chi connectivity index (χ1v) is 6.98. The minimum Gasteiger partial charge on any atom is -0.462 e. The highest BCUT2D eigenvalue weighted by Gasteiger charge is 2.08. The topological polar surface area (TPSA) is 65.6 Å². The molecule has 0 fully saturated rings. The van der Waals surface area contributed by atoms with Crippen LogP contribution in [0.5, 0.6) is 0 Å². The van der Waals surface area contributed by atoms with E-state index in [1.807, 2.05) is 4.40 Å². The Bertz CT molecular complexity index is 851. The third-order valence-electron chi connectivity index (χ3n) is 3.33. The fourth-order valence-corrected chi connectivity index (χ4v) is 2.17. The third-order valence-corrected chi connectivity index (χ3v) is 3.33. The zero-order valence-corrected chi connectivity index (χ0v) is 11.9. The van der Waals surface area contributed by atoms with E-state index in [9.17, 15) is 9.59 Å². The molecule has 22 heavy (non-hydrogen) atoms. The second-order valence-electron chi connectivity index (χ2n) is 4.86. The molecule has 0 bridgehead atoms. The molecule has 0 amide bonds. The number of imidazole rings is 1. The van der Waals surface area contributed by atoms with E-state index in [0.717, 1.165) is 5.52 Å². The zero-order chi connectivity index (χ0) is 15.4. The lowest BCUT2D eigenvalue weighted by Gasteiger charge is -2.07. The summed E-state index contributed by atoms with van der Waals surface area (Å²) in [5.74, 6) is -0.371. The van der Waals surface area contributed by atoms with Gasteiger partial charge in [-0.1, -0.05) is 6.07 Å². The van der Waals surface area contributed by atoms with Crippen LogP contribution in [0.15, 0.2) is 60.0 Å². The molecule has 3 heterocycles. The molecule has 0 N–H and O–H groups in total. The van der Waals surface area contributed by atoms with Gasteiger partial charge in [0.05, 0.1) is 30.2 Å². The summed E-state index contributed by atoms with van der Waals surface area (Å²) < 4.78 is 8.64. The first-order valence-electron chi connectivity index (χ1n) is 6.98. The molecule has 3 aromatic rings. The fourth-order valence-electron chi connectivity index (χ4n) is 2.17. The highest BCUT2D eigenvalue weighted by Crippen LogP contribution is 2.08. The molecule has 0 spiro atoms. The van der Waals surface area contributed by atoms with Gasteiger partial charge in [-0.2, -0.15) is 0 Å². The summed E-state index contributed by atoms with van der Waals surface area (Å²) in [6.07, 6.45) is 7.42. The van der Waals surface area contributed by atoms with Gasteiger partial charge in [-0.15, -0.1) is 0 Å². The van der Waals surface area contributed by atoms with Crippen molar-refractivity contribution in [2.75, 3.05) is 6.61 Å². The summed E-state index contributed by atoms with van der Waals surface area (Å²) in [4.78, 5) is 27.5. The molecule has 0 saturated heterocycles. The van der Waals surface area contributed by atoms with Gasteiger partial charge in [0.1, 0.15) is 0 Å². The summed E-state index contributed by atoms with van der Waals surface area (Å²) in [5, 5.41) is 0. The Labute approximate surface area is 126 Å². The van der Waals surface area contributed by atoms with Crippen LogP contribution in [-0.4, -0.2) is 26.5 Å². The minimum atomic E-state index is -0.371. The fraction of sp³-hybridized carbons (Fsp3) is 0.188. The van der Waals surface area contributed by atoms with Gasteiger partial charge in [-0.05, 0) is 24.6 Å². The molecule has 0 aliphatic heterocycles. The first kappa shape index (κ1) is 14.1. The van der Waals surface area contributed by atoms with E-state index in [1.165, 1.54) is 6.07 Å². The van der Waals surface area contributed by atoms with Crippen molar-refractivity contribution in [3.8, 4) is 0 Å². The Morgan fingerprint density at radius 3 is 3.00 bits per heavy atom. The molecule has 0 unspecified atom stereocenters. The highest BCUT2D eigenvalue weighted by atomic mass is 16.5. The number of hydrogen-bond acceptors (Lipinski definition) is 4. The number of carbonyl (C=O) groups excluding carboxylic acids is 1. The molecule has 0 radical (unpaired) electrons. The SMILES string of the molecule is O=C(OCCCn1ccccc1=O)c1ccn2cncc2c1. The predicted octanol–water partition coefficient (Wildman–Crippen LogP) is 1.74. The van der Waals surface area contributed by atoms with E-state index in [2.05, 4.69) is 4.98 Å². The highest BCUT2D eigenvalue weighted by molar-refractivity contribution is 5.90. The van der Waals surface area contributed by atoms with Crippen molar-refractivity contribution in [2.24, 2.45) is 0 Å². The standard InChI is InChI=1S/C16H15N3O3/c20-15-4-1-2-6-18(15)7-3-9-22-16(21)13-5-8-19-12-17-11-14(19)10-13/h1-2,4-6,8,10-12H,3,7,9H2. The van der Waals surface area contributed by atoms with Crippen LogP contribution in [0.25, 0.3) is 5.52 Å². The summed E-state index contributed by atoms with van der Waals surface area (Å²) in [7, 11) is 0. The Hall–Kier alpha value is -2.89. The van der Waals surface area contributed by atoms with Crippen LogP contribution in [0.4, 0.5) is 0 Å². The quantitative estimate of drug-likeness (QED) is 0.531. The number of rotatable bonds is 5. The normalized spacial score (nSPS) is 10.7. The van der Waals surface area contributed by atoms with Crippen LogP contribution in [0, 0.1) is 0 Å². The molecule has 6 nitrogen and oxygen atoms in total. The molecule has 3 aromatic heterocycles. The van der Waals surface area contributed by atoms with Crippen molar-refractivity contribution >= 4 is 11.5 Å². The Morgan fingerprint density at radius 2 is 2.14 bits per heavy atom. The lowest BCUT2D eigenvalue weighted by Crippen LogP contribution is -2.19. The van der Waals surface area contributed by atoms with E-state index in [-0.39, 0.29) is 18.1 Å².